The molecule has 0 aromatic heterocycles. The monoisotopic (exact) mass is 256 g/mol. The molecule has 0 atom stereocenters. The van der Waals surface area contributed by atoms with Gasteiger partial charge in [0.2, 0.25) is 0 Å². The minimum Gasteiger partial charge on any atom is -0.468 e. The topological polar surface area (TPSA) is 50.8 Å². The van der Waals surface area contributed by atoms with Gasteiger partial charge in [-0.15, -0.1) is 0 Å². The molecule has 104 valence electrons. The highest BCUT2D eigenvalue weighted by Crippen LogP contribution is 2.41. The predicted octanol–water partition coefficient (Wildman–Crippen LogP) is 0.392. The highest BCUT2D eigenvalue weighted by molar-refractivity contribution is 5.82. The molecule has 1 N–H and O–H groups in total. The van der Waals surface area contributed by atoms with Crippen LogP contribution in [0.25, 0.3) is 0 Å². The van der Waals surface area contributed by atoms with Crippen LogP contribution in [-0.4, -0.2) is 62.4 Å². The molecule has 1 aliphatic heterocycles. The average molecular weight is 256 g/mol. The summed E-state index contributed by atoms with van der Waals surface area (Å²) in [6, 6.07) is 0. The number of hydrogen-bond donors (Lipinski definition) is 1. The Morgan fingerprint density at radius 1 is 1.39 bits per heavy atom. The lowest BCUT2D eigenvalue weighted by molar-refractivity contribution is -0.176. The van der Waals surface area contributed by atoms with E-state index in [2.05, 4.69) is 10.2 Å². The number of nitrogens with one attached hydrogen (secondary N) is 1. The molecule has 0 amide bonds. The molecule has 0 radical (unpaired) electrons. The molecule has 2 aliphatic rings. The molecule has 1 aliphatic carbocycles. The number of carbonyl (C=O) groups is 1. The molecule has 0 aromatic carbocycles. The first kappa shape index (κ1) is 13.8. The van der Waals surface area contributed by atoms with Crippen molar-refractivity contribution in [3.8, 4) is 0 Å². The first-order chi connectivity index (χ1) is 8.73. The number of esters is 1. The summed E-state index contributed by atoms with van der Waals surface area (Å²) in [6.07, 6.45) is 2.84. The second kappa shape index (κ2) is 5.99. The van der Waals surface area contributed by atoms with E-state index in [-0.39, 0.29) is 12.1 Å². The first-order valence-electron chi connectivity index (χ1n) is 6.88. The van der Waals surface area contributed by atoms with E-state index in [1.54, 1.807) is 0 Å². The van der Waals surface area contributed by atoms with Crippen LogP contribution < -0.4 is 5.32 Å². The Morgan fingerprint density at radius 3 is 2.83 bits per heavy atom. The quantitative estimate of drug-likeness (QED) is 0.738. The zero-order valence-corrected chi connectivity index (χ0v) is 11.4. The van der Waals surface area contributed by atoms with Crippen LogP contribution >= 0.6 is 0 Å². The van der Waals surface area contributed by atoms with Crippen molar-refractivity contribution < 1.29 is 14.3 Å². The minimum absolute atomic E-state index is 0.0969. The summed E-state index contributed by atoms with van der Waals surface area (Å²) in [6.45, 7) is 6.55. The van der Waals surface area contributed by atoms with E-state index in [4.69, 9.17) is 9.47 Å². The van der Waals surface area contributed by atoms with Crippen molar-refractivity contribution in [2.45, 2.75) is 37.8 Å². The van der Waals surface area contributed by atoms with Crippen molar-refractivity contribution in [3.63, 3.8) is 0 Å². The van der Waals surface area contributed by atoms with Crippen molar-refractivity contribution in [3.05, 3.63) is 0 Å². The van der Waals surface area contributed by atoms with E-state index in [1.807, 2.05) is 6.92 Å². The summed E-state index contributed by atoms with van der Waals surface area (Å²) >= 11 is 0. The molecule has 0 bridgehead atoms. The molecule has 5 nitrogen and oxygen atoms in total. The fraction of sp³-hybridized carbons (Fsp3) is 0.923. The lowest BCUT2D eigenvalue weighted by Gasteiger charge is -2.51. The van der Waals surface area contributed by atoms with Gasteiger partial charge in [-0.3, -0.25) is 9.69 Å². The molecule has 1 saturated carbocycles. The van der Waals surface area contributed by atoms with Crippen molar-refractivity contribution in [2.24, 2.45) is 0 Å². The maximum Gasteiger partial charge on any atom is 0.326 e. The van der Waals surface area contributed by atoms with Gasteiger partial charge in [0.15, 0.2) is 0 Å². The van der Waals surface area contributed by atoms with Gasteiger partial charge in [0.25, 0.3) is 0 Å². The highest BCUT2D eigenvalue weighted by atomic mass is 16.5. The lowest BCUT2D eigenvalue weighted by Crippen LogP contribution is -2.65. The van der Waals surface area contributed by atoms with Gasteiger partial charge in [0.1, 0.15) is 5.54 Å². The summed E-state index contributed by atoms with van der Waals surface area (Å²) < 4.78 is 10.6. The highest BCUT2D eigenvalue weighted by Gasteiger charge is 2.55. The lowest BCUT2D eigenvalue weighted by atomic mass is 9.72. The molecular weight excluding hydrogens is 232 g/mol. The van der Waals surface area contributed by atoms with Crippen molar-refractivity contribution in [1.82, 2.24) is 10.2 Å². The van der Waals surface area contributed by atoms with Crippen LogP contribution in [0.4, 0.5) is 0 Å². The predicted molar refractivity (Wildman–Crippen MR) is 68.5 cm³/mol. The van der Waals surface area contributed by atoms with Gasteiger partial charge in [-0.25, -0.2) is 0 Å². The summed E-state index contributed by atoms with van der Waals surface area (Å²) in [5.41, 5.74) is -0.430. The second-order valence-electron chi connectivity index (χ2n) is 5.10. The van der Waals surface area contributed by atoms with Gasteiger partial charge in [-0.2, -0.15) is 0 Å². The third kappa shape index (κ3) is 2.53. The van der Waals surface area contributed by atoms with E-state index in [1.165, 1.54) is 7.11 Å². The third-order valence-corrected chi connectivity index (χ3v) is 4.04. The van der Waals surface area contributed by atoms with Crippen molar-refractivity contribution in [1.29, 1.82) is 0 Å². The Morgan fingerprint density at radius 2 is 2.17 bits per heavy atom. The fourth-order valence-corrected chi connectivity index (χ4v) is 3.06. The molecule has 2 fully saturated rings. The SMILES string of the molecule is CCOC1CC(C(=O)OC)(N2CCCNCC2)C1. The molecule has 18 heavy (non-hydrogen) atoms. The van der Waals surface area contributed by atoms with E-state index in [0.29, 0.717) is 6.61 Å². The van der Waals surface area contributed by atoms with Gasteiger partial charge >= 0.3 is 5.97 Å². The normalized spacial score (nSPS) is 33.6. The Kier molecular flexibility index (Phi) is 4.59. The average Bonchev–Trinajstić information content (AvgIpc) is 2.61. The number of methoxy groups -OCH3 is 1. The number of carbonyl (C=O) groups excluding carboxylic acids is 1. The third-order valence-electron chi connectivity index (χ3n) is 4.04. The number of nitrogens with zero attached hydrogens (tertiary/aromatic N) is 1. The molecule has 1 saturated heterocycles. The smallest absolute Gasteiger partial charge is 0.326 e. The van der Waals surface area contributed by atoms with Crippen molar-refractivity contribution >= 4 is 5.97 Å². The number of rotatable bonds is 4. The number of hydrogen-bond acceptors (Lipinski definition) is 5. The van der Waals surface area contributed by atoms with Crippen LogP contribution in [0.5, 0.6) is 0 Å². The molecule has 0 aromatic rings. The molecule has 0 spiro atoms. The largest absolute Gasteiger partial charge is 0.468 e. The van der Waals surface area contributed by atoms with Crippen LogP contribution in [0.2, 0.25) is 0 Å². The van der Waals surface area contributed by atoms with Crippen LogP contribution in [-0.2, 0) is 14.3 Å². The molecule has 5 heteroatoms. The standard InChI is InChI=1S/C13H24N2O3/c1-3-18-11-9-13(10-11,12(16)17-2)15-7-4-5-14-6-8-15/h11,14H,3-10H2,1-2H3. The maximum absolute atomic E-state index is 12.1. The molecular formula is C13H24N2O3. The van der Waals surface area contributed by atoms with Crippen LogP contribution in [0.3, 0.4) is 0 Å². The Bertz CT molecular complexity index is 282. The maximum atomic E-state index is 12.1. The van der Waals surface area contributed by atoms with E-state index in [0.717, 1.165) is 45.4 Å². The first-order valence-corrected chi connectivity index (χ1v) is 6.88. The van der Waals surface area contributed by atoms with Crippen LogP contribution in [0.1, 0.15) is 26.2 Å². The second-order valence-corrected chi connectivity index (χ2v) is 5.10. The van der Waals surface area contributed by atoms with Gasteiger partial charge in [0, 0.05) is 39.1 Å². The summed E-state index contributed by atoms with van der Waals surface area (Å²) in [7, 11) is 1.48. The Hall–Kier alpha value is -0.650. The number of ether oxygens (including phenoxy) is 2. The molecule has 0 unspecified atom stereocenters. The van der Waals surface area contributed by atoms with E-state index < -0.39 is 5.54 Å². The van der Waals surface area contributed by atoms with E-state index >= 15 is 0 Å². The zero-order chi connectivity index (χ0) is 13.0. The summed E-state index contributed by atoms with van der Waals surface area (Å²) in [4.78, 5) is 14.4. The van der Waals surface area contributed by atoms with E-state index in [9.17, 15) is 4.79 Å². The van der Waals surface area contributed by atoms with Crippen molar-refractivity contribution in [2.75, 3.05) is 39.9 Å². The molecule has 2 rings (SSSR count). The summed E-state index contributed by atoms with van der Waals surface area (Å²) in [5, 5.41) is 3.37. The van der Waals surface area contributed by atoms with Crippen LogP contribution in [0, 0.1) is 0 Å². The van der Waals surface area contributed by atoms with Gasteiger partial charge < -0.3 is 14.8 Å². The molecule has 1 heterocycles. The minimum atomic E-state index is -0.430. The van der Waals surface area contributed by atoms with Gasteiger partial charge in [0.05, 0.1) is 13.2 Å². The Balaban J connectivity index is 2.04. The van der Waals surface area contributed by atoms with Crippen LogP contribution in [0.15, 0.2) is 0 Å². The summed E-state index contributed by atoms with van der Waals surface area (Å²) in [5.74, 6) is -0.0969. The van der Waals surface area contributed by atoms with Gasteiger partial charge in [-0.1, -0.05) is 0 Å². The Labute approximate surface area is 109 Å². The van der Waals surface area contributed by atoms with Gasteiger partial charge in [-0.05, 0) is 19.9 Å². The fourth-order valence-electron chi connectivity index (χ4n) is 3.06. The zero-order valence-electron chi connectivity index (χ0n) is 11.4.